The summed E-state index contributed by atoms with van der Waals surface area (Å²) in [4.78, 5) is 16.3. The molecule has 0 fully saturated rings. The summed E-state index contributed by atoms with van der Waals surface area (Å²) >= 11 is 6.06. The summed E-state index contributed by atoms with van der Waals surface area (Å²) in [5, 5.41) is 7.52. The fraction of sp³-hybridized carbons (Fsp3) is 0.167. The molecule has 0 aliphatic heterocycles. The molecule has 2 aromatic carbocycles. The van der Waals surface area contributed by atoms with E-state index in [4.69, 9.17) is 16.3 Å². The van der Waals surface area contributed by atoms with Crippen LogP contribution in [0.5, 0.6) is 5.75 Å². The quantitative estimate of drug-likeness (QED) is 0.734. The van der Waals surface area contributed by atoms with Crippen LogP contribution in [0.15, 0.2) is 55.1 Å². The Labute approximate surface area is 150 Å². The van der Waals surface area contributed by atoms with E-state index >= 15 is 0 Å². The van der Waals surface area contributed by atoms with Gasteiger partial charge in [-0.25, -0.2) is 9.67 Å². The lowest BCUT2D eigenvalue weighted by atomic mass is 10.1. The van der Waals surface area contributed by atoms with Gasteiger partial charge in [-0.05, 0) is 36.2 Å². The zero-order valence-corrected chi connectivity index (χ0v) is 14.4. The molecule has 1 heterocycles. The molecule has 0 aliphatic rings. The number of anilines is 1. The molecule has 0 unspecified atom stereocenters. The number of carbonyl (C=O) groups is 1. The SMILES string of the molecule is COc1ccccc1CCC(=O)Nc1cc(Cl)ccc1-n1cncn1. The molecular weight excluding hydrogens is 340 g/mol. The van der Waals surface area contributed by atoms with Crippen molar-refractivity contribution in [1.82, 2.24) is 14.8 Å². The third kappa shape index (κ3) is 4.16. The highest BCUT2D eigenvalue weighted by molar-refractivity contribution is 6.31. The average molecular weight is 357 g/mol. The van der Waals surface area contributed by atoms with Gasteiger partial charge in [0.25, 0.3) is 0 Å². The highest BCUT2D eigenvalue weighted by Crippen LogP contribution is 2.24. The Morgan fingerprint density at radius 3 is 2.88 bits per heavy atom. The second-order valence-corrected chi connectivity index (χ2v) is 5.80. The van der Waals surface area contributed by atoms with E-state index in [1.165, 1.54) is 6.33 Å². The number of aromatic nitrogens is 3. The molecule has 0 saturated carbocycles. The first-order chi connectivity index (χ1) is 12.2. The van der Waals surface area contributed by atoms with E-state index in [1.54, 1.807) is 36.3 Å². The van der Waals surface area contributed by atoms with Crippen LogP contribution in [0, 0.1) is 0 Å². The van der Waals surface area contributed by atoms with Gasteiger partial charge in [-0.15, -0.1) is 0 Å². The van der Waals surface area contributed by atoms with Gasteiger partial charge in [0.15, 0.2) is 0 Å². The molecule has 1 aromatic heterocycles. The third-order valence-electron chi connectivity index (χ3n) is 3.71. The van der Waals surface area contributed by atoms with E-state index in [-0.39, 0.29) is 5.91 Å². The van der Waals surface area contributed by atoms with Crippen molar-refractivity contribution in [3.63, 3.8) is 0 Å². The Hall–Kier alpha value is -2.86. The second-order valence-electron chi connectivity index (χ2n) is 5.36. The Balaban J connectivity index is 1.72. The first-order valence-electron chi connectivity index (χ1n) is 7.73. The predicted molar refractivity (Wildman–Crippen MR) is 96.3 cm³/mol. The first-order valence-corrected chi connectivity index (χ1v) is 8.11. The standard InChI is InChI=1S/C18H17ClN4O2/c1-25-17-5-3-2-4-13(17)6-9-18(24)22-15-10-14(19)7-8-16(15)23-12-20-11-21-23/h2-5,7-8,10-12H,6,9H2,1H3,(H,22,24). The molecule has 25 heavy (non-hydrogen) atoms. The van der Waals surface area contributed by atoms with Gasteiger partial charge < -0.3 is 10.1 Å². The maximum absolute atomic E-state index is 12.4. The monoisotopic (exact) mass is 356 g/mol. The number of carbonyl (C=O) groups excluding carboxylic acids is 1. The fourth-order valence-corrected chi connectivity index (χ4v) is 2.68. The number of benzene rings is 2. The zero-order valence-electron chi connectivity index (χ0n) is 13.6. The first kappa shape index (κ1) is 17.0. The van der Waals surface area contributed by atoms with Crippen molar-refractivity contribution in [3.05, 3.63) is 65.7 Å². The van der Waals surface area contributed by atoms with Crippen molar-refractivity contribution >= 4 is 23.2 Å². The Kier molecular flexibility index (Phi) is 5.30. The van der Waals surface area contributed by atoms with Gasteiger partial charge in [-0.1, -0.05) is 29.8 Å². The largest absolute Gasteiger partial charge is 0.496 e. The second kappa shape index (κ2) is 7.81. The van der Waals surface area contributed by atoms with Crippen LogP contribution in [0.1, 0.15) is 12.0 Å². The number of para-hydroxylation sites is 1. The van der Waals surface area contributed by atoms with Gasteiger partial charge in [0.1, 0.15) is 18.4 Å². The number of nitrogens with zero attached hydrogens (tertiary/aromatic N) is 3. The summed E-state index contributed by atoms with van der Waals surface area (Å²) in [5.74, 6) is 0.663. The van der Waals surface area contributed by atoms with Crippen molar-refractivity contribution in [3.8, 4) is 11.4 Å². The van der Waals surface area contributed by atoms with E-state index in [9.17, 15) is 4.79 Å². The topological polar surface area (TPSA) is 69.0 Å². The summed E-state index contributed by atoms with van der Waals surface area (Å²) in [7, 11) is 1.62. The number of methoxy groups -OCH3 is 1. The van der Waals surface area contributed by atoms with Crippen molar-refractivity contribution < 1.29 is 9.53 Å². The molecule has 0 saturated heterocycles. The van der Waals surface area contributed by atoms with Crippen LogP contribution in [0.3, 0.4) is 0 Å². The minimum absolute atomic E-state index is 0.116. The van der Waals surface area contributed by atoms with Gasteiger partial charge in [-0.3, -0.25) is 4.79 Å². The van der Waals surface area contributed by atoms with Gasteiger partial charge in [0, 0.05) is 11.4 Å². The van der Waals surface area contributed by atoms with Crippen LogP contribution >= 0.6 is 11.6 Å². The van der Waals surface area contributed by atoms with Gasteiger partial charge in [0.05, 0.1) is 18.5 Å². The maximum atomic E-state index is 12.4. The van der Waals surface area contributed by atoms with Crippen LogP contribution in [0.2, 0.25) is 5.02 Å². The molecule has 1 amide bonds. The Bertz CT molecular complexity index is 865. The van der Waals surface area contributed by atoms with Crippen LogP contribution in [-0.4, -0.2) is 27.8 Å². The van der Waals surface area contributed by atoms with Crippen molar-refractivity contribution in [2.24, 2.45) is 0 Å². The summed E-state index contributed by atoms with van der Waals surface area (Å²) in [6, 6.07) is 12.9. The molecule has 6 nitrogen and oxygen atoms in total. The van der Waals surface area contributed by atoms with E-state index in [2.05, 4.69) is 15.4 Å². The summed E-state index contributed by atoms with van der Waals surface area (Å²) in [6.07, 6.45) is 3.90. The smallest absolute Gasteiger partial charge is 0.224 e. The Morgan fingerprint density at radius 1 is 1.28 bits per heavy atom. The molecule has 0 atom stereocenters. The van der Waals surface area contributed by atoms with Crippen LogP contribution in [-0.2, 0) is 11.2 Å². The lowest BCUT2D eigenvalue weighted by molar-refractivity contribution is -0.116. The predicted octanol–water partition coefficient (Wildman–Crippen LogP) is 3.50. The average Bonchev–Trinajstić information content (AvgIpc) is 3.14. The van der Waals surface area contributed by atoms with Gasteiger partial charge in [-0.2, -0.15) is 5.10 Å². The summed E-state index contributed by atoms with van der Waals surface area (Å²) < 4.78 is 6.89. The lowest BCUT2D eigenvalue weighted by Gasteiger charge is -2.12. The van der Waals surface area contributed by atoms with Crippen LogP contribution in [0.25, 0.3) is 5.69 Å². The highest BCUT2D eigenvalue weighted by atomic mass is 35.5. The van der Waals surface area contributed by atoms with Gasteiger partial charge in [0.2, 0.25) is 5.91 Å². The third-order valence-corrected chi connectivity index (χ3v) is 3.95. The maximum Gasteiger partial charge on any atom is 0.224 e. The molecule has 3 aromatic rings. The Morgan fingerprint density at radius 2 is 2.12 bits per heavy atom. The molecule has 0 radical (unpaired) electrons. The molecule has 1 N–H and O–H groups in total. The fourth-order valence-electron chi connectivity index (χ4n) is 2.51. The zero-order chi connectivity index (χ0) is 17.6. The van der Waals surface area contributed by atoms with E-state index in [0.29, 0.717) is 29.2 Å². The molecule has 0 spiro atoms. The number of hydrogen-bond donors (Lipinski definition) is 1. The number of rotatable bonds is 6. The minimum Gasteiger partial charge on any atom is -0.496 e. The molecule has 7 heteroatoms. The number of halogens is 1. The normalized spacial score (nSPS) is 10.5. The summed E-state index contributed by atoms with van der Waals surface area (Å²) in [5.41, 5.74) is 2.28. The molecule has 0 bridgehead atoms. The molecular formula is C18H17ClN4O2. The van der Waals surface area contributed by atoms with E-state index < -0.39 is 0 Å². The number of nitrogens with one attached hydrogen (secondary N) is 1. The van der Waals surface area contributed by atoms with Crippen LogP contribution < -0.4 is 10.1 Å². The van der Waals surface area contributed by atoms with Crippen molar-refractivity contribution in [1.29, 1.82) is 0 Å². The molecule has 128 valence electrons. The molecule has 3 rings (SSSR count). The summed E-state index contributed by atoms with van der Waals surface area (Å²) in [6.45, 7) is 0. The number of amides is 1. The highest BCUT2D eigenvalue weighted by Gasteiger charge is 2.11. The van der Waals surface area contributed by atoms with Gasteiger partial charge >= 0.3 is 0 Å². The number of hydrogen-bond acceptors (Lipinski definition) is 4. The number of ether oxygens (including phenoxy) is 1. The van der Waals surface area contributed by atoms with Crippen molar-refractivity contribution in [2.75, 3.05) is 12.4 Å². The van der Waals surface area contributed by atoms with E-state index in [0.717, 1.165) is 11.3 Å². The molecule has 0 aliphatic carbocycles. The lowest BCUT2D eigenvalue weighted by Crippen LogP contribution is -2.14. The van der Waals surface area contributed by atoms with Crippen molar-refractivity contribution in [2.45, 2.75) is 12.8 Å². The van der Waals surface area contributed by atoms with E-state index in [1.807, 2.05) is 24.3 Å². The number of aryl methyl sites for hydroxylation is 1. The minimum atomic E-state index is -0.116. The van der Waals surface area contributed by atoms with Crippen LogP contribution in [0.4, 0.5) is 5.69 Å².